The summed E-state index contributed by atoms with van der Waals surface area (Å²) in [6.45, 7) is 2.54. The van der Waals surface area contributed by atoms with Crippen molar-refractivity contribution >= 4 is 33.1 Å². The number of aryl methyl sites for hydroxylation is 1. The molecule has 2 heterocycles. The van der Waals surface area contributed by atoms with Crippen molar-refractivity contribution in [3.8, 4) is 0 Å². The van der Waals surface area contributed by atoms with E-state index in [9.17, 15) is 17.2 Å². The molecular formula is C16H17F2NO2S3. The highest BCUT2D eigenvalue weighted by molar-refractivity contribution is 7.99. The van der Waals surface area contributed by atoms with Crippen molar-refractivity contribution in [2.75, 3.05) is 18.8 Å². The maximum absolute atomic E-state index is 14.0. The topological polar surface area (TPSA) is 37.4 Å². The van der Waals surface area contributed by atoms with Crippen LogP contribution in [0.25, 0.3) is 0 Å². The van der Waals surface area contributed by atoms with Crippen molar-refractivity contribution in [1.29, 1.82) is 0 Å². The van der Waals surface area contributed by atoms with Gasteiger partial charge in [-0.05, 0) is 43.7 Å². The number of benzene rings is 1. The van der Waals surface area contributed by atoms with Gasteiger partial charge in [0, 0.05) is 34.5 Å². The Morgan fingerprint density at radius 2 is 1.96 bits per heavy atom. The Morgan fingerprint density at radius 3 is 2.67 bits per heavy atom. The summed E-state index contributed by atoms with van der Waals surface area (Å²) in [5, 5.41) is -0.244. The van der Waals surface area contributed by atoms with Crippen LogP contribution in [0.4, 0.5) is 8.78 Å². The predicted octanol–water partition coefficient (Wildman–Crippen LogP) is 4.20. The Balaban J connectivity index is 1.79. The van der Waals surface area contributed by atoms with Gasteiger partial charge < -0.3 is 0 Å². The van der Waals surface area contributed by atoms with Gasteiger partial charge in [-0.3, -0.25) is 0 Å². The fraction of sp³-hybridized carbons (Fsp3) is 0.375. The Hall–Kier alpha value is -0.960. The second kappa shape index (κ2) is 7.11. The summed E-state index contributed by atoms with van der Waals surface area (Å²) in [4.78, 5) is 0.942. The van der Waals surface area contributed by atoms with Crippen molar-refractivity contribution in [3.63, 3.8) is 0 Å². The first-order valence-electron chi connectivity index (χ1n) is 7.51. The van der Waals surface area contributed by atoms with E-state index in [1.165, 1.54) is 33.5 Å². The Labute approximate surface area is 148 Å². The van der Waals surface area contributed by atoms with E-state index < -0.39 is 21.7 Å². The molecule has 3 rings (SSSR count). The molecule has 1 saturated heterocycles. The molecule has 0 N–H and O–H groups in total. The lowest BCUT2D eigenvalue weighted by molar-refractivity contribution is 0.428. The number of hydrogen-bond donors (Lipinski definition) is 0. The largest absolute Gasteiger partial charge is 0.252 e. The molecule has 0 aliphatic carbocycles. The van der Waals surface area contributed by atoms with Crippen molar-refractivity contribution in [2.45, 2.75) is 22.8 Å². The fourth-order valence-corrected chi connectivity index (χ4v) is 6.93. The number of hydrogen-bond acceptors (Lipinski definition) is 4. The molecule has 1 aliphatic heterocycles. The van der Waals surface area contributed by atoms with E-state index in [1.807, 2.05) is 6.92 Å². The summed E-state index contributed by atoms with van der Waals surface area (Å²) >= 11 is 2.72. The van der Waals surface area contributed by atoms with Crippen LogP contribution in [0.5, 0.6) is 0 Å². The van der Waals surface area contributed by atoms with Crippen LogP contribution in [0.15, 0.2) is 34.5 Å². The summed E-state index contributed by atoms with van der Waals surface area (Å²) < 4.78 is 54.6. The molecular weight excluding hydrogens is 372 g/mol. The molecule has 0 radical (unpaired) electrons. The van der Waals surface area contributed by atoms with E-state index in [0.717, 1.165) is 17.0 Å². The van der Waals surface area contributed by atoms with Gasteiger partial charge in [-0.25, -0.2) is 17.2 Å². The normalized spacial score (nSPS) is 20.0. The molecule has 1 aromatic heterocycles. The second-order valence-electron chi connectivity index (χ2n) is 5.58. The summed E-state index contributed by atoms with van der Waals surface area (Å²) in [6.07, 6.45) is 0.453. The van der Waals surface area contributed by atoms with Crippen molar-refractivity contribution in [3.05, 3.63) is 52.4 Å². The van der Waals surface area contributed by atoms with E-state index in [0.29, 0.717) is 35.0 Å². The predicted molar refractivity (Wildman–Crippen MR) is 94.0 cm³/mol. The molecule has 2 aromatic rings. The third kappa shape index (κ3) is 3.66. The van der Waals surface area contributed by atoms with Gasteiger partial charge in [0.05, 0.1) is 0 Å². The van der Waals surface area contributed by atoms with Crippen molar-refractivity contribution < 1.29 is 17.2 Å². The van der Waals surface area contributed by atoms with E-state index >= 15 is 0 Å². The summed E-state index contributed by atoms with van der Waals surface area (Å²) in [5.74, 6) is -0.376. The van der Waals surface area contributed by atoms with Crippen LogP contribution in [0, 0.1) is 18.6 Å². The highest BCUT2D eigenvalue weighted by atomic mass is 32.2. The monoisotopic (exact) mass is 389 g/mol. The standard InChI is InChI=1S/C16H17F2NO2S3/c1-11-2-5-16(23-11)24(20,21)19-7-6-15(22-9-8-19)13-10-12(17)3-4-14(13)18/h2-5,10,15H,6-9H2,1H3. The summed E-state index contributed by atoms with van der Waals surface area (Å²) in [7, 11) is -3.52. The quantitative estimate of drug-likeness (QED) is 0.789. The van der Waals surface area contributed by atoms with Crippen LogP contribution >= 0.6 is 23.1 Å². The fourth-order valence-electron chi connectivity index (χ4n) is 2.68. The minimum atomic E-state index is -3.52. The maximum Gasteiger partial charge on any atom is 0.252 e. The van der Waals surface area contributed by atoms with Crippen LogP contribution in [0.2, 0.25) is 0 Å². The average Bonchev–Trinajstić information content (AvgIpc) is 2.83. The van der Waals surface area contributed by atoms with Gasteiger partial charge in [0.1, 0.15) is 15.8 Å². The number of halogens is 2. The number of thiophene rings is 1. The highest BCUT2D eigenvalue weighted by Gasteiger charge is 2.30. The Bertz CT molecular complexity index is 836. The molecule has 1 unspecified atom stereocenters. The molecule has 0 bridgehead atoms. The first-order valence-corrected chi connectivity index (χ1v) is 10.8. The first kappa shape index (κ1) is 17.8. The van der Waals surface area contributed by atoms with Crippen LogP contribution in [0.3, 0.4) is 0 Å². The van der Waals surface area contributed by atoms with Gasteiger partial charge in [-0.1, -0.05) is 0 Å². The minimum absolute atomic E-state index is 0.244. The SMILES string of the molecule is Cc1ccc(S(=O)(=O)N2CCSC(c3cc(F)ccc3F)CC2)s1. The molecule has 1 aliphatic rings. The smallest absolute Gasteiger partial charge is 0.207 e. The molecule has 8 heteroatoms. The zero-order valence-corrected chi connectivity index (χ0v) is 15.5. The zero-order valence-electron chi connectivity index (χ0n) is 13.0. The Morgan fingerprint density at radius 1 is 1.17 bits per heavy atom. The van der Waals surface area contributed by atoms with Crippen molar-refractivity contribution in [2.24, 2.45) is 0 Å². The maximum atomic E-state index is 14.0. The molecule has 1 aromatic carbocycles. The van der Waals surface area contributed by atoms with Crippen molar-refractivity contribution in [1.82, 2.24) is 4.31 Å². The lowest BCUT2D eigenvalue weighted by Crippen LogP contribution is -2.32. The van der Waals surface area contributed by atoms with Gasteiger partial charge in [0.15, 0.2) is 0 Å². The molecule has 1 atom stereocenters. The average molecular weight is 390 g/mol. The highest BCUT2D eigenvalue weighted by Crippen LogP contribution is 2.37. The third-order valence-electron chi connectivity index (χ3n) is 3.92. The van der Waals surface area contributed by atoms with E-state index in [4.69, 9.17) is 0 Å². The van der Waals surface area contributed by atoms with Crippen LogP contribution in [0.1, 0.15) is 22.1 Å². The van der Waals surface area contributed by atoms with Gasteiger partial charge in [0.2, 0.25) is 0 Å². The molecule has 24 heavy (non-hydrogen) atoms. The summed E-state index contributed by atoms with van der Waals surface area (Å²) in [6, 6.07) is 6.83. The molecule has 3 nitrogen and oxygen atoms in total. The van der Waals surface area contributed by atoms with E-state index in [2.05, 4.69) is 0 Å². The Kier molecular flexibility index (Phi) is 5.29. The molecule has 130 valence electrons. The van der Waals surface area contributed by atoms with Crippen LogP contribution < -0.4 is 0 Å². The number of thioether (sulfide) groups is 1. The number of sulfonamides is 1. The van der Waals surface area contributed by atoms with Crippen LogP contribution in [-0.2, 0) is 10.0 Å². The zero-order chi connectivity index (χ0) is 17.3. The molecule has 0 spiro atoms. The van der Waals surface area contributed by atoms with Gasteiger partial charge in [-0.2, -0.15) is 16.1 Å². The molecule has 1 fully saturated rings. The molecule has 0 saturated carbocycles. The lowest BCUT2D eigenvalue weighted by Gasteiger charge is -2.19. The lowest BCUT2D eigenvalue weighted by atomic mass is 10.1. The third-order valence-corrected chi connectivity index (χ3v) is 8.59. The van der Waals surface area contributed by atoms with Gasteiger partial charge in [-0.15, -0.1) is 11.3 Å². The second-order valence-corrected chi connectivity index (χ2v) is 10.3. The first-order chi connectivity index (χ1) is 11.4. The van der Waals surface area contributed by atoms with Crippen LogP contribution in [-0.4, -0.2) is 31.6 Å². The van der Waals surface area contributed by atoms with E-state index in [1.54, 1.807) is 12.1 Å². The number of nitrogens with zero attached hydrogens (tertiary/aromatic N) is 1. The summed E-state index contributed by atoms with van der Waals surface area (Å²) in [5.41, 5.74) is 0.311. The minimum Gasteiger partial charge on any atom is -0.207 e. The number of rotatable bonds is 3. The van der Waals surface area contributed by atoms with Gasteiger partial charge in [0.25, 0.3) is 10.0 Å². The molecule has 0 amide bonds. The van der Waals surface area contributed by atoms with Gasteiger partial charge >= 0.3 is 0 Å². The van der Waals surface area contributed by atoms with E-state index in [-0.39, 0.29) is 5.25 Å².